The molecule has 0 saturated heterocycles. The third kappa shape index (κ3) is 3.17. The van der Waals surface area contributed by atoms with E-state index in [9.17, 15) is 14.4 Å². The molecule has 2 aromatic rings. The molecule has 1 aliphatic heterocycles. The molecular formula is C17H16N2O3S. The molecular weight excluding hydrogens is 312 g/mol. The van der Waals surface area contributed by atoms with Gasteiger partial charge >= 0.3 is 0 Å². The predicted octanol–water partition coefficient (Wildman–Crippen LogP) is 2.36. The summed E-state index contributed by atoms with van der Waals surface area (Å²) in [6, 6.07) is 10.7. The first kappa shape index (κ1) is 15.4. The fourth-order valence-corrected chi connectivity index (χ4v) is 3.34. The highest BCUT2D eigenvalue weighted by atomic mass is 32.1. The van der Waals surface area contributed by atoms with Gasteiger partial charge in [-0.1, -0.05) is 12.1 Å². The Morgan fingerprint density at radius 3 is 2.30 bits per heavy atom. The fourth-order valence-electron chi connectivity index (χ4n) is 2.51. The van der Waals surface area contributed by atoms with Crippen LogP contribution in [0.4, 0.5) is 0 Å². The molecule has 1 aromatic heterocycles. The Bertz CT molecular complexity index is 747. The lowest BCUT2D eigenvalue weighted by Gasteiger charge is -2.13. The Balaban J connectivity index is 1.54. The zero-order chi connectivity index (χ0) is 16.4. The van der Waals surface area contributed by atoms with Crippen LogP contribution in [-0.2, 0) is 11.3 Å². The second-order valence-corrected chi connectivity index (χ2v) is 6.72. The molecule has 0 fully saturated rings. The normalized spacial score (nSPS) is 13.3. The van der Waals surface area contributed by atoms with E-state index >= 15 is 0 Å². The number of imide groups is 1. The third-order valence-electron chi connectivity index (χ3n) is 3.70. The van der Waals surface area contributed by atoms with Crippen molar-refractivity contribution < 1.29 is 14.4 Å². The first-order valence-electron chi connectivity index (χ1n) is 7.33. The molecule has 0 unspecified atom stereocenters. The maximum absolute atomic E-state index is 12.2. The molecule has 3 amide bonds. The number of carbonyl (C=O) groups is 3. The molecule has 1 N–H and O–H groups in total. The molecule has 6 heteroatoms. The lowest BCUT2D eigenvalue weighted by molar-refractivity contribution is -0.121. The highest BCUT2D eigenvalue weighted by molar-refractivity contribution is 7.11. The average Bonchev–Trinajstić information content (AvgIpc) is 3.07. The molecule has 0 saturated carbocycles. The van der Waals surface area contributed by atoms with Crippen molar-refractivity contribution in [3.05, 3.63) is 57.3 Å². The van der Waals surface area contributed by atoms with Crippen LogP contribution in [0.15, 0.2) is 36.4 Å². The van der Waals surface area contributed by atoms with Gasteiger partial charge in [0.05, 0.1) is 17.7 Å². The standard InChI is InChI=1S/C17H16N2O3S/c1-11-6-7-12(23-11)10-18-15(20)8-9-19-16(21)13-4-2-3-5-14(13)17(19)22/h2-7H,8-10H2,1H3,(H,18,20). The van der Waals surface area contributed by atoms with Crippen LogP contribution in [0.25, 0.3) is 0 Å². The molecule has 3 rings (SSSR count). The van der Waals surface area contributed by atoms with Gasteiger partial charge in [-0.2, -0.15) is 0 Å². The third-order valence-corrected chi connectivity index (χ3v) is 4.70. The van der Waals surface area contributed by atoms with Crippen LogP contribution in [0.1, 0.15) is 36.9 Å². The first-order chi connectivity index (χ1) is 11.1. The highest BCUT2D eigenvalue weighted by Gasteiger charge is 2.34. The minimum absolute atomic E-state index is 0.0989. The molecule has 1 aromatic carbocycles. The van der Waals surface area contributed by atoms with Crippen molar-refractivity contribution in [2.45, 2.75) is 19.9 Å². The SMILES string of the molecule is Cc1ccc(CNC(=O)CCN2C(=O)c3ccccc3C2=O)s1. The Hall–Kier alpha value is -2.47. The second-order valence-electron chi connectivity index (χ2n) is 5.35. The molecule has 0 radical (unpaired) electrons. The summed E-state index contributed by atoms with van der Waals surface area (Å²) < 4.78 is 0. The van der Waals surface area contributed by atoms with E-state index < -0.39 is 0 Å². The van der Waals surface area contributed by atoms with Crippen molar-refractivity contribution in [1.29, 1.82) is 0 Å². The van der Waals surface area contributed by atoms with Crippen LogP contribution in [0.2, 0.25) is 0 Å². The number of amides is 3. The van der Waals surface area contributed by atoms with Gasteiger partial charge in [-0.3, -0.25) is 19.3 Å². The van der Waals surface area contributed by atoms with Crippen LogP contribution in [-0.4, -0.2) is 29.2 Å². The smallest absolute Gasteiger partial charge is 0.261 e. The maximum Gasteiger partial charge on any atom is 0.261 e. The van der Waals surface area contributed by atoms with Gasteiger partial charge < -0.3 is 5.32 Å². The number of rotatable bonds is 5. The summed E-state index contributed by atoms with van der Waals surface area (Å²) in [7, 11) is 0. The van der Waals surface area contributed by atoms with Gasteiger partial charge in [0.25, 0.3) is 11.8 Å². The monoisotopic (exact) mass is 328 g/mol. The second kappa shape index (κ2) is 6.34. The molecule has 23 heavy (non-hydrogen) atoms. The van der Waals surface area contributed by atoms with Crippen LogP contribution >= 0.6 is 11.3 Å². The molecule has 5 nitrogen and oxygen atoms in total. The van der Waals surface area contributed by atoms with E-state index in [0.717, 1.165) is 9.78 Å². The summed E-state index contributed by atoms with van der Waals surface area (Å²) >= 11 is 1.63. The van der Waals surface area contributed by atoms with Crippen LogP contribution in [0.3, 0.4) is 0 Å². The van der Waals surface area contributed by atoms with E-state index in [0.29, 0.717) is 17.7 Å². The average molecular weight is 328 g/mol. The molecule has 118 valence electrons. The number of carbonyl (C=O) groups excluding carboxylic acids is 3. The number of thiophene rings is 1. The number of nitrogens with zero attached hydrogens (tertiary/aromatic N) is 1. The molecule has 1 aliphatic rings. The van der Waals surface area contributed by atoms with Gasteiger partial charge in [0.1, 0.15) is 0 Å². The number of nitrogens with one attached hydrogen (secondary N) is 1. The lowest BCUT2D eigenvalue weighted by Crippen LogP contribution is -2.34. The van der Waals surface area contributed by atoms with Gasteiger partial charge in [0.15, 0.2) is 0 Å². The number of hydrogen-bond donors (Lipinski definition) is 1. The van der Waals surface area contributed by atoms with E-state index in [2.05, 4.69) is 5.32 Å². The quantitative estimate of drug-likeness (QED) is 0.857. The topological polar surface area (TPSA) is 66.5 Å². The van der Waals surface area contributed by atoms with Gasteiger partial charge in [-0.15, -0.1) is 11.3 Å². The zero-order valence-corrected chi connectivity index (χ0v) is 13.5. The summed E-state index contributed by atoms with van der Waals surface area (Å²) in [6.07, 6.45) is 0.107. The summed E-state index contributed by atoms with van der Waals surface area (Å²) in [6.45, 7) is 2.58. The molecule has 0 aliphatic carbocycles. The summed E-state index contributed by atoms with van der Waals surface area (Å²) in [5.74, 6) is -0.827. The Labute approximate surface area is 137 Å². The van der Waals surface area contributed by atoms with Crippen molar-refractivity contribution in [1.82, 2.24) is 10.2 Å². The Kier molecular flexibility index (Phi) is 4.25. The summed E-state index contributed by atoms with van der Waals surface area (Å²) in [4.78, 5) is 39.7. The van der Waals surface area contributed by atoms with Crippen molar-refractivity contribution >= 4 is 29.1 Å². The summed E-state index contributed by atoms with van der Waals surface area (Å²) in [5.41, 5.74) is 0.818. The number of hydrogen-bond acceptors (Lipinski definition) is 4. The Morgan fingerprint density at radius 2 is 1.74 bits per heavy atom. The number of aryl methyl sites for hydroxylation is 1. The van der Waals surface area contributed by atoms with Gasteiger partial charge in [0, 0.05) is 22.7 Å². The molecule has 0 atom stereocenters. The van der Waals surface area contributed by atoms with E-state index in [-0.39, 0.29) is 30.7 Å². The molecule has 0 spiro atoms. The minimum atomic E-state index is -0.327. The van der Waals surface area contributed by atoms with Gasteiger partial charge in [-0.05, 0) is 31.2 Å². The van der Waals surface area contributed by atoms with Crippen molar-refractivity contribution in [3.8, 4) is 0 Å². The van der Waals surface area contributed by atoms with Crippen LogP contribution in [0, 0.1) is 6.92 Å². The van der Waals surface area contributed by atoms with Crippen molar-refractivity contribution in [2.75, 3.05) is 6.54 Å². The minimum Gasteiger partial charge on any atom is -0.351 e. The number of fused-ring (bicyclic) bond motifs is 1. The lowest BCUT2D eigenvalue weighted by atomic mass is 10.1. The fraction of sp³-hybridized carbons (Fsp3) is 0.235. The van der Waals surface area contributed by atoms with Crippen molar-refractivity contribution in [3.63, 3.8) is 0 Å². The molecule has 2 heterocycles. The van der Waals surface area contributed by atoms with Gasteiger partial charge in [0.2, 0.25) is 5.91 Å². The number of benzene rings is 1. The van der Waals surface area contributed by atoms with Crippen LogP contribution in [0.5, 0.6) is 0 Å². The predicted molar refractivity (Wildman–Crippen MR) is 87.3 cm³/mol. The van der Waals surface area contributed by atoms with Crippen LogP contribution < -0.4 is 5.32 Å². The maximum atomic E-state index is 12.2. The molecule has 0 bridgehead atoms. The summed E-state index contributed by atoms with van der Waals surface area (Å²) in [5, 5.41) is 2.81. The largest absolute Gasteiger partial charge is 0.351 e. The van der Waals surface area contributed by atoms with Gasteiger partial charge in [-0.25, -0.2) is 0 Å². The Morgan fingerprint density at radius 1 is 1.09 bits per heavy atom. The van der Waals surface area contributed by atoms with Crippen molar-refractivity contribution in [2.24, 2.45) is 0 Å². The highest BCUT2D eigenvalue weighted by Crippen LogP contribution is 2.22. The van der Waals surface area contributed by atoms with E-state index in [1.54, 1.807) is 35.6 Å². The van der Waals surface area contributed by atoms with E-state index in [1.807, 2.05) is 19.1 Å². The van der Waals surface area contributed by atoms with E-state index in [4.69, 9.17) is 0 Å². The van der Waals surface area contributed by atoms with E-state index in [1.165, 1.54) is 4.88 Å². The zero-order valence-electron chi connectivity index (χ0n) is 12.7. The first-order valence-corrected chi connectivity index (χ1v) is 8.15.